The summed E-state index contributed by atoms with van der Waals surface area (Å²) in [5.41, 5.74) is 1.50. The fourth-order valence-corrected chi connectivity index (χ4v) is 3.07. The van der Waals surface area contributed by atoms with Gasteiger partial charge in [-0.1, -0.05) is 48.5 Å². The molecule has 0 aliphatic heterocycles. The van der Waals surface area contributed by atoms with Crippen molar-refractivity contribution in [2.45, 2.75) is 6.92 Å². The Morgan fingerprint density at radius 3 is 2.43 bits per heavy atom. The molecule has 0 spiro atoms. The first-order valence-corrected chi connectivity index (χ1v) is 7.66. The standard InChI is InChI=1S/C20H15NO2/c1-2-23-20(22)18-11-17-14-8-4-3-7-13(14)12-21-19(17)16-10-6-5-9-15(16)18/h3-12H,2H2,1H3. The summed E-state index contributed by atoms with van der Waals surface area (Å²) in [5, 5.41) is 4.98. The van der Waals surface area contributed by atoms with E-state index in [0.29, 0.717) is 12.2 Å². The van der Waals surface area contributed by atoms with Crippen LogP contribution in [0.15, 0.2) is 60.8 Å². The Labute approximate surface area is 133 Å². The summed E-state index contributed by atoms with van der Waals surface area (Å²) in [6.45, 7) is 2.18. The van der Waals surface area contributed by atoms with Gasteiger partial charge in [0.15, 0.2) is 0 Å². The minimum atomic E-state index is -0.293. The molecule has 0 aliphatic carbocycles. The van der Waals surface area contributed by atoms with Gasteiger partial charge in [0.05, 0.1) is 17.7 Å². The molecule has 0 unspecified atom stereocenters. The molecule has 0 radical (unpaired) electrons. The van der Waals surface area contributed by atoms with E-state index >= 15 is 0 Å². The predicted octanol–water partition coefficient (Wildman–Crippen LogP) is 4.72. The Balaban J connectivity index is 2.19. The number of rotatable bonds is 2. The van der Waals surface area contributed by atoms with Crippen LogP contribution in [0, 0.1) is 0 Å². The molecule has 0 amide bonds. The summed E-state index contributed by atoms with van der Waals surface area (Å²) in [4.78, 5) is 17.0. The van der Waals surface area contributed by atoms with Crippen molar-refractivity contribution in [2.24, 2.45) is 0 Å². The molecule has 1 aromatic heterocycles. The van der Waals surface area contributed by atoms with Gasteiger partial charge in [-0.3, -0.25) is 4.98 Å². The lowest BCUT2D eigenvalue weighted by atomic mass is 9.97. The zero-order valence-corrected chi connectivity index (χ0v) is 12.7. The molecule has 0 bridgehead atoms. The van der Waals surface area contributed by atoms with Crippen LogP contribution in [0.1, 0.15) is 17.3 Å². The van der Waals surface area contributed by atoms with Gasteiger partial charge < -0.3 is 4.74 Å². The van der Waals surface area contributed by atoms with Crippen molar-refractivity contribution in [3.8, 4) is 0 Å². The highest BCUT2D eigenvalue weighted by Gasteiger charge is 2.15. The topological polar surface area (TPSA) is 39.2 Å². The van der Waals surface area contributed by atoms with E-state index in [0.717, 1.165) is 32.4 Å². The predicted molar refractivity (Wildman–Crippen MR) is 92.7 cm³/mol. The molecule has 0 fully saturated rings. The van der Waals surface area contributed by atoms with Crippen molar-refractivity contribution >= 4 is 38.4 Å². The van der Waals surface area contributed by atoms with Gasteiger partial charge >= 0.3 is 5.97 Å². The summed E-state index contributed by atoms with van der Waals surface area (Å²) in [5.74, 6) is -0.293. The van der Waals surface area contributed by atoms with Crippen molar-refractivity contribution in [1.29, 1.82) is 0 Å². The van der Waals surface area contributed by atoms with Crippen LogP contribution in [0.5, 0.6) is 0 Å². The molecule has 0 atom stereocenters. The summed E-state index contributed by atoms with van der Waals surface area (Å²) in [7, 11) is 0. The van der Waals surface area contributed by atoms with E-state index in [-0.39, 0.29) is 5.97 Å². The zero-order chi connectivity index (χ0) is 15.8. The third-order valence-corrected chi connectivity index (χ3v) is 4.10. The maximum absolute atomic E-state index is 12.4. The van der Waals surface area contributed by atoms with E-state index in [2.05, 4.69) is 11.1 Å². The van der Waals surface area contributed by atoms with E-state index in [1.165, 1.54) is 0 Å². The minimum Gasteiger partial charge on any atom is -0.462 e. The maximum Gasteiger partial charge on any atom is 0.338 e. The van der Waals surface area contributed by atoms with Gasteiger partial charge in [-0.05, 0) is 23.8 Å². The average molecular weight is 301 g/mol. The molecule has 112 valence electrons. The molecule has 0 aliphatic rings. The molecular formula is C20H15NO2. The van der Waals surface area contributed by atoms with Gasteiger partial charge in [0.2, 0.25) is 0 Å². The SMILES string of the molecule is CCOC(=O)c1cc2c3ccccc3cnc2c2ccccc12. The van der Waals surface area contributed by atoms with E-state index in [1.54, 1.807) is 0 Å². The number of carbonyl (C=O) groups excluding carboxylic acids is 1. The third kappa shape index (κ3) is 2.13. The van der Waals surface area contributed by atoms with E-state index in [1.807, 2.05) is 61.7 Å². The van der Waals surface area contributed by atoms with E-state index in [4.69, 9.17) is 4.74 Å². The van der Waals surface area contributed by atoms with Crippen LogP contribution in [0.2, 0.25) is 0 Å². The molecule has 1 heterocycles. The number of pyridine rings is 1. The highest BCUT2D eigenvalue weighted by atomic mass is 16.5. The van der Waals surface area contributed by atoms with Crippen molar-refractivity contribution in [3.05, 3.63) is 66.4 Å². The van der Waals surface area contributed by atoms with Crippen molar-refractivity contribution in [1.82, 2.24) is 4.98 Å². The Morgan fingerprint density at radius 2 is 1.65 bits per heavy atom. The van der Waals surface area contributed by atoms with Crippen LogP contribution in [0.3, 0.4) is 0 Å². The normalized spacial score (nSPS) is 11.2. The number of nitrogens with zero attached hydrogens (tertiary/aromatic N) is 1. The van der Waals surface area contributed by atoms with Gasteiger partial charge in [-0.15, -0.1) is 0 Å². The zero-order valence-electron chi connectivity index (χ0n) is 12.7. The summed E-state index contributed by atoms with van der Waals surface area (Å²) in [6, 6.07) is 17.8. The lowest BCUT2D eigenvalue weighted by Gasteiger charge is -2.11. The summed E-state index contributed by atoms with van der Waals surface area (Å²) < 4.78 is 5.24. The van der Waals surface area contributed by atoms with Crippen molar-refractivity contribution in [2.75, 3.05) is 6.61 Å². The second-order valence-electron chi connectivity index (χ2n) is 5.43. The fourth-order valence-electron chi connectivity index (χ4n) is 3.07. The number of carbonyl (C=O) groups is 1. The van der Waals surface area contributed by atoms with Gasteiger partial charge in [0.25, 0.3) is 0 Å². The Bertz CT molecular complexity index is 1050. The van der Waals surface area contributed by atoms with Crippen LogP contribution in [0.4, 0.5) is 0 Å². The number of esters is 1. The Hall–Kier alpha value is -2.94. The molecule has 0 N–H and O–H groups in total. The Morgan fingerprint density at radius 1 is 0.957 bits per heavy atom. The molecule has 3 heteroatoms. The Kier molecular flexibility index (Phi) is 3.19. The van der Waals surface area contributed by atoms with Gasteiger partial charge in [-0.25, -0.2) is 4.79 Å². The first kappa shape index (κ1) is 13.7. The van der Waals surface area contributed by atoms with Crippen molar-refractivity contribution in [3.63, 3.8) is 0 Å². The van der Waals surface area contributed by atoms with E-state index < -0.39 is 0 Å². The van der Waals surface area contributed by atoms with Crippen LogP contribution in [-0.2, 0) is 4.74 Å². The number of benzene rings is 3. The number of hydrogen-bond donors (Lipinski definition) is 0. The van der Waals surface area contributed by atoms with Crippen molar-refractivity contribution < 1.29 is 9.53 Å². The molecular weight excluding hydrogens is 286 g/mol. The molecule has 0 saturated heterocycles. The molecule has 3 aromatic carbocycles. The third-order valence-electron chi connectivity index (χ3n) is 4.10. The smallest absolute Gasteiger partial charge is 0.338 e. The molecule has 23 heavy (non-hydrogen) atoms. The minimum absolute atomic E-state index is 0.293. The monoisotopic (exact) mass is 301 g/mol. The fraction of sp³-hybridized carbons (Fsp3) is 0.100. The summed E-state index contributed by atoms with van der Waals surface area (Å²) >= 11 is 0. The summed E-state index contributed by atoms with van der Waals surface area (Å²) in [6.07, 6.45) is 1.88. The molecule has 4 rings (SSSR count). The van der Waals surface area contributed by atoms with Gasteiger partial charge in [0.1, 0.15) is 0 Å². The van der Waals surface area contributed by atoms with Crippen LogP contribution in [0.25, 0.3) is 32.4 Å². The first-order valence-electron chi connectivity index (χ1n) is 7.66. The lowest BCUT2D eigenvalue weighted by Crippen LogP contribution is -2.05. The molecule has 4 aromatic rings. The maximum atomic E-state index is 12.4. The second-order valence-corrected chi connectivity index (χ2v) is 5.43. The van der Waals surface area contributed by atoms with Crippen LogP contribution < -0.4 is 0 Å². The van der Waals surface area contributed by atoms with Crippen LogP contribution in [-0.4, -0.2) is 17.6 Å². The molecule has 0 saturated carbocycles. The first-order chi connectivity index (χ1) is 11.3. The largest absolute Gasteiger partial charge is 0.462 e. The number of aromatic nitrogens is 1. The molecule has 3 nitrogen and oxygen atoms in total. The average Bonchev–Trinajstić information content (AvgIpc) is 2.61. The second kappa shape index (κ2) is 5.36. The number of ether oxygens (including phenoxy) is 1. The van der Waals surface area contributed by atoms with Gasteiger partial charge in [0, 0.05) is 22.4 Å². The number of fused-ring (bicyclic) bond motifs is 5. The van der Waals surface area contributed by atoms with Crippen LogP contribution >= 0.6 is 0 Å². The van der Waals surface area contributed by atoms with Gasteiger partial charge in [-0.2, -0.15) is 0 Å². The lowest BCUT2D eigenvalue weighted by molar-refractivity contribution is 0.0529. The quantitative estimate of drug-likeness (QED) is 0.397. The highest BCUT2D eigenvalue weighted by molar-refractivity contribution is 6.20. The highest BCUT2D eigenvalue weighted by Crippen LogP contribution is 2.32. The number of hydrogen-bond acceptors (Lipinski definition) is 3. The van der Waals surface area contributed by atoms with E-state index in [9.17, 15) is 4.79 Å².